The molecular weight excluding hydrogens is 418 g/mol. The van der Waals surface area contributed by atoms with E-state index in [0.29, 0.717) is 33.9 Å². The maximum absolute atomic E-state index is 12.6. The molecule has 0 aliphatic carbocycles. The molecule has 0 heterocycles. The van der Waals surface area contributed by atoms with Gasteiger partial charge < -0.3 is 15.2 Å². The second kappa shape index (κ2) is 11.2. The molecule has 164 valence electrons. The van der Waals surface area contributed by atoms with Gasteiger partial charge in [-0.15, -0.1) is 6.58 Å². The quantitative estimate of drug-likeness (QED) is 0.312. The molecule has 2 aromatic rings. The van der Waals surface area contributed by atoms with Gasteiger partial charge in [0, 0.05) is 16.1 Å². The van der Waals surface area contributed by atoms with Crippen LogP contribution in [0.4, 0.5) is 0 Å². The minimum atomic E-state index is -0.797. The molecule has 7 nitrogen and oxygen atoms in total. The number of carbonyl (C=O) groups excluding carboxylic acids is 2. The van der Waals surface area contributed by atoms with Crippen molar-refractivity contribution >= 4 is 29.6 Å². The number of ether oxygens (including phenoxy) is 1. The molecule has 0 radical (unpaired) electrons. The lowest BCUT2D eigenvalue weighted by atomic mass is 10.0. The summed E-state index contributed by atoms with van der Waals surface area (Å²) < 4.78 is 5.17. The van der Waals surface area contributed by atoms with Crippen molar-refractivity contribution in [1.29, 1.82) is 0 Å². The fraction of sp³-hybridized carbons (Fsp3) is 0.261. The molecule has 0 saturated carbocycles. The van der Waals surface area contributed by atoms with Crippen molar-refractivity contribution in [1.82, 2.24) is 10.7 Å². The van der Waals surface area contributed by atoms with Gasteiger partial charge in [0.15, 0.2) is 11.5 Å². The normalized spacial score (nSPS) is 11.9. The van der Waals surface area contributed by atoms with E-state index in [4.69, 9.17) is 16.3 Å². The maximum Gasteiger partial charge on any atom is 0.262 e. The molecule has 0 spiro atoms. The van der Waals surface area contributed by atoms with Gasteiger partial charge in [0.2, 0.25) is 0 Å². The number of phenols is 1. The number of amides is 2. The number of nitrogens with one attached hydrogen (secondary N) is 2. The Morgan fingerprint density at radius 1 is 1.29 bits per heavy atom. The Morgan fingerprint density at radius 2 is 2.03 bits per heavy atom. The third-order valence-corrected chi connectivity index (χ3v) is 4.71. The van der Waals surface area contributed by atoms with Crippen molar-refractivity contribution in [2.24, 2.45) is 11.0 Å². The van der Waals surface area contributed by atoms with Crippen molar-refractivity contribution in [3.63, 3.8) is 0 Å². The number of rotatable bonds is 9. The monoisotopic (exact) mass is 443 g/mol. The van der Waals surface area contributed by atoms with Gasteiger partial charge in [-0.1, -0.05) is 37.6 Å². The zero-order valence-electron chi connectivity index (χ0n) is 17.7. The SMILES string of the molecule is C=CCc1cc(/C=N/NC(=O)C(NC(=O)c2cccc(Cl)c2)C(C)C)cc(OC)c1O. The molecule has 0 bridgehead atoms. The third kappa shape index (κ3) is 6.58. The fourth-order valence-electron chi connectivity index (χ4n) is 2.86. The van der Waals surface area contributed by atoms with E-state index in [9.17, 15) is 14.7 Å². The van der Waals surface area contributed by atoms with Crippen LogP contribution in [0.1, 0.15) is 35.3 Å². The molecule has 0 aliphatic heterocycles. The van der Waals surface area contributed by atoms with Gasteiger partial charge in [0.05, 0.1) is 13.3 Å². The summed E-state index contributed by atoms with van der Waals surface area (Å²) in [4.78, 5) is 25.1. The van der Waals surface area contributed by atoms with E-state index in [1.165, 1.54) is 19.4 Å². The van der Waals surface area contributed by atoms with Crippen LogP contribution in [0.2, 0.25) is 5.02 Å². The number of phenolic OH excluding ortho intramolecular Hbond substituents is 1. The Kier molecular flexibility index (Phi) is 8.63. The first-order valence-electron chi connectivity index (χ1n) is 9.67. The summed E-state index contributed by atoms with van der Waals surface area (Å²) in [5, 5.41) is 17.3. The number of hydrazone groups is 1. The zero-order chi connectivity index (χ0) is 23.0. The Labute approximate surface area is 186 Å². The molecule has 3 N–H and O–H groups in total. The van der Waals surface area contributed by atoms with Crippen LogP contribution in [0, 0.1) is 5.92 Å². The molecule has 2 rings (SSSR count). The van der Waals surface area contributed by atoms with Gasteiger partial charge in [0.25, 0.3) is 11.8 Å². The number of nitrogens with zero attached hydrogens (tertiary/aromatic N) is 1. The van der Waals surface area contributed by atoms with Gasteiger partial charge in [-0.2, -0.15) is 5.10 Å². The molecular formula is C23H26ClN3O4. The molecule has 0 aliphatic rings. The Morgan fingerprint density at radius 3 is 2.65 bits per heavy atom. The lowest BCUT2D eigenvalue weighted by molar-refractivity contribution is -0.123. The highest BCUT2D eigenvalue weighted by Gasteiger charge is 2.24. The highest BCUT2D eigenvalue weighted by molar-refractivity contribution is 6.31. The Balaban J connectivity index is 2.11. The topological polar surface area (TPSA) is 100 Å². The van der Waals surface area contributed by atoms with Gasteiger partial charge >= 0.3 is 0 Å². The molecule has 0 aromatic heterocycles. The van der Waals surface area contributed by atoms with Crippen LogP contribution in [0.15, 0.2) is 54.2 Å². The van der Waals surface area contributed by atoms with Crippen molar-refractivity contribution < 1.29 is 19.4 Å². The van der Waals surface area contributed by atoms with Crippen LogP contribution in [-0.4, -0.2) is 36.3 Å². The van der Waals surface area contributed by atoms with Crippen molar-refractivity contribution in [2.75, 3.05) is 7.11 Å². The Bertz CT molecular complexity index is 989. The number of aromatic hydroxyl groups is 1. The standard InChI is InChI=1S/C23H26ClN3O4/c1-5-7-16-10-15(11-19(31-4)21(16)28)13-25-27-23(30)20(14(2)3)26-22(29)17-8-6-9-18(24)12-17/h5-6,8-14,20,28H,1,7H2,2-4H3,(H,26,29)(H,27,30)/b25-13+. The smallest absolute Gasteiger partial charge is 0.262 e. The minimum Gasteiger partial charge on any atom is -0.504 e. The van der Waals surface area contributed by atoms with Crippen LogP contribution >= 0.6 is 11.6 Å². The van der Waals surface area contributed by atoms with Gasteiger partial charge in [-0.05, 0) is 48.2 Å². The summed E-state index contributed by atoms with van der Waals surface area (Å²) in [5.74, 6) is -0.712. The lowest BCUT2D eigenvalue weighted by Gasteiger charge is -2.20. The van der Waals surface area contributed by atoms with Crippen LogP contribution in [0.3, 0.4) is 0 Å². The molecule has 1 atom stereocenters. The Hall–Kier alpha value is -3.32. The third-order valence-electron chi connectivity index (χ3n) is 4.47. The summed E-state index contributed by atoms with van der Waals surface area (Å²) in [6, 6.07) is 9.00. The largest absolute Gasteiger partial charge is 0.504 e. The second-order valence-corrected chi connectivity index (χ2v) is 7.60. The number of halogens is 1. The van der Waals surface area contributed by atoms with E-state index >= 15 is 0 Å². The number of allylic oxidation sites excluding steroid dienone is 1. The van der Waals surface area contributed by atoms with E-state index in [1.54, 1.807) is 36.4 Å². The molecule has 31 heavy (non-hydrogen) atoms. The first kappa shape index (κ1) is 24.0. The van der Waals surface area contributed by atoms with Crippen molar-refractivity contribution in [2.45, 2.75) is 26.3 Å². The van der Waals surface area contributed by atoms with Crippen molar-refractivity contribution in [3.05, 3.63) is 70.8 Å². The van der Waals surface area contributed by atoms with Gasteiger partial charge in [0.1, 0.15) is 6.04 Å². The van der Waals surface area contributed by atoms with Gasteiger partial charge in [-0.3, -0.25) is 9.59 Å². The first-order chi connectivity index (χ1) is 14.8. The second-order valence-electron chi connectivity index (χ2n) is 7.16. The van der Waals surface area contributed by atoms with Crippen LogP contribution < -0.4 is 15.5 Å². The molecule has 2 aromatic carbocycles. The average molecular weight is 444 g/mol. The van der Waals surface area contributed by atoms with E-state index in [0.717, 1.165) is 0 Å². The molecule has 0 fully saturated rings. The highest BCUT2D eigenvalue weighted by Crippen LogP contribution is 2.31. The minimum absolute atomic E-state index is 0.0344. The fourth-order valence-corrected chi connectivity index (χ4v) is 3.05. The number of benzene rings is 2. The molecule has 8 heteroatoms. The van der Waals surface area contributed by atoms with E-state index in [1.807, 2.05) is 13.8 Å². The summed E-state index contributed by atoms with van der Waals surface area (Å²) in [6.45, 7) is 7.31. The van der Waals surface area contributed by atoms with E-state index < -0.39 is 17.9 Å². The van der Waals surface area contributed by atoms with E-state index in [2.05, 4.69) is 22.4 Å². The molecule has 1 unspecified atom stereocenters. The lowest BCUT2D eigenvalue weighted by Crippen LogP contribution is -2.48. The predicted molar refractivity (Wildman–Crippen MR) is 122 cm³/mol. The first-order valence-corrected chi connectivity index (χ1v) is 10.0. The number of hydrogen-bond donors (Lipinski definition) is 3. The number of carbonyl (C=O) groups is 2. The summed E-state index contributed by atoms with van der Waals surface area (Å²) in [7, 11) is 1.45. The molecule has 0 saturated heterocycles. The van der Waals surface area contributed by atoms with E-state index in [-0.39, 0.29) is 11.7 Å². The van der Waals surface area contributed by atoms with Crippen molar-refractivity contribution in [3.8, 4) is 11.5 Å². The molecule has 2 amide bonds. The maximum atomic E-state index is 12.6. The van der Waals surface area contributed by atoms with Gasteiger partial charge in [-0.25, -0.2) is 5.43 Å². The van der Waals surface area contributed by atoms with Crippen LogP contribution in [-0.2, 0) is 11.2 Å². The number of hydrogen-bond acceptors (Lipinski definition) is 5. The average Bonchev–Trinajstić information content (AvgIpc) is 2.73. The summed E-state index contributed by atoms with van der Waals surface area (Å²) >= 11 is 5.93. The summed E-state index contributed by atoms with van der Waals surface area (Å²) in [5.41, 5.74) is 4.05. The number of methoxy groups -OCH3 is 1. The van der Waals surface area contributed by atoms with Crippen LogP contribution in [0.5, 0.6) is 11.5 Å². The van der Waals surface area contributed by atoms with Crippen LogP contribution in [0.25, 0.3) is 0 Å². The summed E-state index contributed by atoms with van der Waals surface area (Å²) in [6.07, 6.45) is 3.54. The zero-order valence-corrected chi connectivity index (χ0v) is 18.4. The highest BCUT2D eigenvalue weighted by atomic mass is 35.5. The predicted octanol–water partition coefficient (Wildman–Crippen LogP) is 3.69.